The van der Waals surface area contributed by atoms with E-state index in [2.05, 4.69) is 37.4 Å². The number of aliphatic hydroxyl groups is 1. The van der Waals surface area contributed by atoms with Gasteiger partial charge in [0.2, 0.25) is 0 Å². The monoisotopic (exact) mass is 236 g/mol. The number of rotatable bonds is 7. The fraction of sp³-hybridized carbons (Fsp3) is 0.571. The number of nitrogens with two attached hydrogens (primary N) is 1. The summed E-state index contributed by atoms with van der Waals surface area (Å²) in [5.74, 6) is 0. The maximum Gasteiger partial charge on any atom is 0.0447 e. The summed E-state index contributed by atoms with van der Waals surface area (Å²) >= 11 is 0. The second kappa shape index (κ2) is 7.43. The zero-order chi connectivity index (χ0) is 12.7. The van der Waals surface area contributed by atoms with Crippen molar-refractivity contribution in [3.63, 3.8) is 0 Å². The molecule has 0 aliphatic carbocycles. The van der Waals surface area contributed by atoms with Crippen LogP contribution in [0, 0.1) is 13.8 Å². The Bertz CT molecular complexity index is 339. The minimum absolute atomic E-state index is 0.216. The van der Waals surface area contributed by atoms with Gasteiger partial charge < -0.3 is 16.2 Å². The molecule has 0 aliphatic heterocycles. The van der Waals surface area contributed by atoms with E-state index in [-0.39, 0.29) is 12.6 Å². The summed E-state index contributed by atoms with van der Waals surface area (Å²) in [5.41, 5.74) is 9.66. The molecule has 0 heterocycles. The van der Waals surface area contributed by atoms with Crippen molar-refractivity contribution in [3.05, 3.63) is 34.9 Å². The maximum absolute atomic E-state index is 8.73. The number of unbranched alkanes of at least 4 members (excludes halogenated alkanes) is 1. The Hall–Kier alpha value is -0.900. The summed E-state index contributed by atoms with van der Waals surface area (Å²) in [6.07, 6.45) is 1.83. The van der Waals surface area contributed by atoms with Gasteiger partial charge in [0.1, 0.15) is 0 Å². The number of aryl methyl sites for hydroxylation is 2. The zero-order valence-corrected chi connectivity index (χ0v) is 10.9. The lowest BCUT2D eigenvalue weighted by Crippen LogP contribution is -2.29. The van der Waals surface area contributed by atoms with Crippen molar-refractivity contribution in [3.8, 4) is 0 Å². The predicted octanol–water partition coefficient (Wildman–Crippen LogP) is 1.67. The third-order valence-corrected chi connectivity index (χ3v) is 3.02. The minimum atomic E-state index is 0.216. The van der Waals surface area contributed by atoms with Gasteiger partial charge in [-0.15, -0.1) is 0 Å². The summed E-state index contributed by atoms with van der Waals surface area (Å²) in [6, 6.07) is 6.68. The van der Waals surface area contributed by atoms with Crippen LogP contribution >= 0.6 is 0 Å². The fourth-order valence-corrected chi connectivity index (χ4v) is 1.97. The van der Waals surface area contributed by atoms with Gasteiger partial charge in [0, 0.05) is 19.2 Å². The van der Waals surface area contributed by atoms with Gasteiger partial charge in [0.15, 0.2) is 0 Å². The molecule has 4 N–H and O–H groups in total. The molecule has 0 saturated heterocycles. The van der Waals surface area contributed by atoms with Crippen LogP contribution in [-0.4, -0.2) is 24.8 Å². The average molecular weight is 236 g/mol. The highest BCUT2D eigenvalue weighted by atomic mass is 16.2. The lowest BCUT2D eigenvalue weighted by Gasteiger charge is -2.20. The number of benzene rings is 1. The Morgan fingerprint density at radius 3 is 2.71 bits per heavy atom. The Kier molecular flexibility index (Phi) is 6.19. The van der Waals surface area contributed by atoms with Gasteiger partial charge in [-0.3, -0.25) is 0 Å². The molecule has 0 radical (unpaired) electrons. The van der Waals surface area contributed by atoms with Gasteiger partial charge in [0.25, 0.3) is 0 Å². The van der Waals surface area contributed by atoms with E-state index >= 15 is 0 Å². The van der Waals surface area contributed by atoms with Crippen molar-refractivity contribution < 1.29 is 5.11 Å². The molecule has 0 saturated carbocycles. The van der Waals surface area contributed by atoms with Crippen LogP contribution in [0.2, 0.25) is 0 Å². The summed E-state index contributed by atoms with van der Waals surface area (Å²) in [5, 5.41) is 12.2. The van der Waals surface area contributed by atoms with E-state index < -0.39 is 0 Å². The first kappa shape index (κ1) is 14.2. The van der Waals surface area contributed by atoms with Crippen molar-refractivity contribution in [2.24, 2.45) is 5.73 Å². The van der Waals surface area contributed by atoms with Crippen molar-refractivity contribution >= 4 is 0 Å². The molecule has 1 aromatic rings. The third kappa shape index (κ3) is 4.46. The molecule has 1 unspecified atom stereocenters. The van der Waals surface area contributed by atoms with E-state index in [4.69, 9.17) is 10.8 Å². The minimum Gasteiger partial charge on any atom is -0.396 e. The van der Waals surface area contributed by atoms with E-state index in [1.807, 2.05) is 0 Å². The maximum atomic E-state index is 8.73. The summed E-state index contributed by atoms with van der Waals surface area (Å²) < 4.78 is 0. The highest BCUT2D eigenvalue weighted by Crippen LogP contribution is 2.18. The van der Waals surface area contributed by atoms with Crippen molar-refractivity contribution in [2.45, 2.75) is 32.7 Å². The van der Waals surface area contributed by atoms with Gasteiger partial charge >= 0.3 is 0 Å². The molecule has 3 nitrogen and oxygen atoms in total. The second-order valence-electron chi connectivity index (χ2n) is 4.53. The lowest BCUT2D eigenvalue weighted by molar-refractivity contribution is 0.282. The van der Waals surface area contributed by atoms with E-state index in [0.717, 1.165) is 19.4 Å². The molecule has 0 bridgehead atoms. The fourth-order valence-electron chi connectivity index (χ4n) is 1.97. The van der Waals surface area contributed by atoms with Crippen LogP contribution in [0.4, 0.5) is 0 Å². The standard InChI is InChI=1S/C14H24N2O/c1-11-5-6-12(2)13(9-11)14(10-15)16-7-3-4-8-17/h5-6,9,14,16-17H,3-4,7-8,10,15H2,1-2H3. The van der Waals surface area contributed by atoms with Crippen LogP contribution in [-0.2, 0) is 0 Å². The molecule has 96 valence electrons. The molecule has 0 aromatic heterocycles. The predicted molar refractivity (Wildman–Crippen MR) is 72.0 cm³/mol. The van der Waals surface area contributed by atoms with Gasteiger partial charge in [-0.25, -0.2) is 0 Å². The van der Waals surface area contributed by atoms with E-state index in [0.29, 0.717) is 6.54 Å². The molecule has 1 rings (SSSR count). The van der Waals surface area contributed by atoms with Crippen molar-refractivity contribution in [2.75, 3.05) is 19.7 Å². The molecule has 17 heavy (non-hydrogen) atoms. The van der Waals surface area contributed by atoms with Crippen LogP contribution in [0.1, 0.15) is 35.6 Å². The molecule has 1 atom stereocenters. The van der Waals surface area contributed by atoms with E-state index in [1.54, 1.807) is 0 Å². The first-order valence-corrected chi connectivity index (χ1v) is 6.30. The molecule has 3 heteroatoms. The van der Waals surface area contributed by atoms with Gasteiger partial charge in [0.05, 0.1) is 0 Å². The number of hydrogen-bond acceptors (Lipinski definition) is 3. The van der Waals surface area contributed by atoms with Crippen LogP contribution in [0.5, 0.6) is 0 Å². The Balaban J connectivity index is 2.62. The van der Waals surface area contributed by atoms with Crippen LogP contribution in [0.3, 0.4) is 0 Å². The molecule has 0 aliphatic rings. The zero-order valence-electron chi connectivity index (χ0n) is 10.9. The lowest BCUT2D eigenvalue weighted by atomic mass is 9.99. The Morgan fingerprint density at radius 2 is 2.06 bits per heavy atom. The Labute approximate surface area is 104 Å². The third-order valence-electron chi connectivity index (χ3n) is 3.02. The Morgan fingerprint density at radius 1 is 1.29 bits per heavy atom. The van der Waals surface area contributed by atoms with Gasteiger partial charge in [-0.1, -0.05) is 23.8 Å². The van der Waals surface area contributed by atoms with Crippen LogP contribution in [0.15, 0.2) is 18.2 Å². The second-order valence-corrected chi connectivity index (χ2v) is 4.53. The number of aliphatic hydroxyl groups excluding tert-OH is 1. The smallest absolute Gasteiger partial charge is 0.0447 e. The molecule has 0 amide bonds. The van der Waals surface area contributed by atoms with E-state index in [1.165, 1.54) is 16.7 Å². The largest absolute Gasteiger partial charge is 0.396 e. The topological polar surface area (TPSA) is 58.3 Å². The van der Waals surface area contributed by atoms with Gasteiger partial charge in [-0.05, 0) is 44.4 Å². The van der Waals surface area contributed by atoms with E-state index in [9.17, 15) is 0 Å². The van der Waals surface area contributed by atoms with Crippen LogP contribution < -0.4 is 11.1 Å². The first-order chi connectivity index (χ1) is 8.19. The number of hydrogen-bond donors (Lipinski definition) is 3. The normalized spacial score (nSPS) is 12.7. The average Bonchev–Trinajstić information content (AvgIpc) is 2.33. The summed E-state index contributed by atoms with van der Waals surface area (Å²) in [6.45, 7) is 5.98. The molecule has 1 aromatic carbocycles. The highest BCUT2D eigenvalue weighted by Gasteiger charge is 2.11. The van der Waals surface area contributed by atoms with Crippen molar-refractivity contribution in [1.29, 1.82) is 0 Å². The highest BCUT2D eigenvalue weighted by molar-refractivity contribution is 5.33. The first-order valence-electron chi connectivity index (χ1n) is 6.30. The quantitative estimate of drug-likeness (QED) is 0.631. The van der Waals surface area contributed by atoms with Gasteiger partial charge in [-0.2, -0.15) is 0 Å². The van der Waals surface area contributed by atoms with Crippen molar-refractivity contribution in [1.82, 2.24) is 5.32 Å². The molecule has 0 spiro atoms. The number of nitrogens with one attached hydrogen (secondary N) is 1. The van der Waals surface area contributed by atoms with Crippen LogP contribution in [0.25, 0.3) is 0 Å². The summed E-state index contributed by atoms with van der Waals surface area (Å²) in [4.78, 5) is 0. The SMILES string of the molecule is Cc1ccc(C)c(C(CN)NCCCCO)c1. The molecular weight excluding hydrogens is 212 g/mol. The molecular formula is C14H24N2O. The summed E-state index contributed by atoms with van der Waals surface area (Å²) in [7, 11) is 0. The molecule has 0 fully saturated rings.